The third kappa shape index (κ3) is 2.73. The Morgan fingerprint density at radius 2 is 1.89 bits per heavy atom. The van der Waals surface area contributed by atoms with Gasteiger partial charge in [0.2, 0.25) is 0 Å². The zero-order chi connectivity index (χ0) is 13.0. The maximum atomic E-state index is 12.1. The van der Waals surface area contributed by atoms with Gasteiger partial charge < -0.3 is 11.5 Å². The maximum absolute atomic E-state index is 12.1. The van der Waals surface area contributed by atoms with Crippen LogP contribution in [-0.2, 0) is 11.2 Å². The van der Waals surface area contributed by atoms with E-state index in [2.05, 4.69) is 4.98 Å². The van der Waals surface area contributed by atoms with Crippen LogP contribution in [0.3, 0.4) is 0 Å². The summed E-state index contributed by atoms with van der Waals surface area (Å²) in [6.45, 7) is 0. The average molecular weight is 241 g/mol. The molecule has 1 aromatic heterocycles. The molecule has 1 aromatic carbocycles. The lowest BCUT2D eigenvalue weighted by atomic mass is 9.99. The van der Waals surface area contributed by atoms with E-state index in [1.807, 2.05) is 30.3 Å². The summed E-state index contributed by atoms with van der Waals surface area (Å²) in [4.78, 5) is 16.0. The van der Waals surface area contributed by atoms with E-state index in [-0.39, 0.29) is 12.2 Å². The zero-order valence-electron chi connectivity index (χ0n) is 9.91. The first-order chi connectivity index (χ1) is 8.68. The maximum Gasteiger partial charge on any atom is 0.158 e. The molecule has 0 fully saturated rings. The summed E-state index contributed by atoms with van der Waals surface area (Å²) in [5, 5.41) is 0. The van der Waals surface area contributed by atoms with Crippen molar-refractivity contribution >= 4 is 11.6 Å². The molecule has 0 bridgehead atoms. The van der Waals surface area contributed by atoms with Crippen molar-refractivity contribution in [3.63, 3.8) is 0 Å². The first kappa shape index (κ1) is 12.3. The Labute approximate surface area is 106 Å². The molecule has 2 rings (SSSR count). The van der Waals surface area contributed by atoms with E-state index in [1.165, 1.54) is 0 Å². The van der Waals surface area contributed by atoms with E-state index in [0.29, 0.717) is 11.4 Å². The van der Waals surface area contributed by atoms with Crippen LogP contribution in [0.25, 0.3) is 0 Å². The fourth-order valence-electron chi connectivity index (χ4n) is 1.74. The number of rotatable bonds is 4. The minimum Gasteiger partial charge on any atom is -0.383 e. The average Bonchev–Trinajstić information content (AvgIpc) is 2.41. The standard InChI is InChI=1S/C14H15N3O/c15-13(10-5-2-1-3-6-10)12(18)9-11-7-4-8-17-14(11)16/h1-8,13H,9,15H2,(H2,16,17). The van der Waals surface area contributed by atoms with Gasteiger partial charge in [-0.2, -0.15) is 0 Å². The fourth-order valence-corrected chi connectivity index (χ4v) is 1.74. The molecule has 4 N–H and O–H groups in total. The van der Waals surface area contributed by atoms with Gasteiger partial charge in [-0.15, -0.1) is 0 Å². The number of hydrogen-bond donors (Lipinski definition) is 2. The molecule has 0 spiro atoms. The first-order valence-electron chi connectivity index (χ1n) is 5.71. The number of nitrogen functional groups attached to an aromatic ring is 1. The van der Waals surface area contributed by atoms with E-state index in [1.54, 1.807) is 18.3 Å². The highest BCUT2D eigenvalue weighted by molar-refractivity contribution is 5.87. The third-order valence-corrected chi connectivity index (χ3v) is 2.80. The molecule has 18 heavy (non-hydrogen) atoms. The molecule has 0 aliphatic carbocycles. The number of nitrogens with two attached hydrogens (primary N) is 2. The zero-order valence-corrected chi connectivity index (χ0v) is 9.91. The smallest absolute Gasteiger partial charge is 0.158 e. The second kappa shape index (κ2) is 5.42. The van der Waals surface area contributed by atoms with Crippen molar-refractivity contribution < 1.29 is 4.79 Å². The van der Waals surface area contributed by atoms with Gasteiger partial charge in [0.05, 0.1) is 6.04 Å². The van der Waals surface area contributed by atoms with Crippen LogP contribution >= 0.6 is 0 Å². The summed E-state index contributed by atoms with van der Waals surface area (Å²) < 4.78 is 0. The summed E-state index contributed by atoms with van der Waals surface area (Å²) in [5.74, 6) is 0.312. The first-order valence-corrected chi connectivity index (χ1v) is 5.71. The van der Waals surface area contributed by atoms with Gasteiger partial charge in [0.15, 0.2) is 5.78 Å². The molecular formula is C14H15N3O. The molecule has 92 valence electrons. The van der Waals surface area contributed by atoms with Crippen LogP contribution in [0.1, 0.15) is 17.2 Å². The molecule has 2 aromatic rings. The third-order valence-electron chi connectivity index (χ3n) is 2.80. The van der Waals surface area contributed by atoms with E-state index >= 15 is 0 Å². The Kier molecular flexibility index (Phi) is 3.69. The van der Waals surface area contributed by atoms with Gasteiger partial charge in [-0.25, -0.2) is 4.98 Å². The summed E-state index contributed by atoms with van der Waals surface area (Å²) in [6, 6.07) is 12.2. The molecule has 1 unspecified atom stereocenters. The Bertz CT molecular complexity index is 540. The SMILES string of the molecule is Nc1ncccc1CC(=O)C(N)c1ccccc1. The predicted octanol–water partition coefficient (Wildman–Crippen LogP) is 1.48. The second-order valence-corrected chi connectivity index (χ2v) is 4.08. The van der Waals surface area contributed by atoms with Crippen molar-refractivity contribution in [2.45, 2.75) is 12.5 Å². The molecule has 0 aliphatic heterocycles. The number of hydrogen-bond acceptors (Lipinski definition) is 4. The highest BCUT2D eigenvalue weighted by Crippen LogP contribution is 2.15. The number of pyridine rings is 1. The highest BCUT2D eigenvalue weighted by Gasteiger charge is 2.16. The van der Waals surface area contributed by atoms with Crippen molar-refractivity contribution in [1.82, 2.24) is 4.98 Å². The summed E-state index contributed by atoms with van der Waals surface area (Å²) in [5.41, 5.74) is 13.2. The van der Waals surface area contributed by atoms with E-state index in [0.717, 1.165) is 5.56 Å². The molecule has 0 radical (unpaired) electrons. The number of Topliss-reactive ketones (excluding diaryl/α,β-unsaturated/α-hetero) is 1. The van der Waals surface area contributed by atoms with Crippen LogP contribution in [0, 0.1) is 0 Å². The summed E-state index contributed by atoms with van der Waals surface area (Å²) >= 11 is 0. The Hall–Kier alpha value is -2.20. The van der Waals surface area contributed by atoms with Gasteiger partial charge in [-0.05, 0) is 11.6 Å². The van der Waals surface area contributed by atoms with Crippen molar-refractivity contribution in [1.29, 1.82) is 0 Å². The van der Waals surface area contributed by atoms with Gasteiger partial charge in [0, 0.05) is 18.2 Å². The van der Waals surface area contributed by atoms with Crippen molar-refractivity contribution in [2.24, 2.45) is 5.73 Å². The van der Waals surface area contributed by atoms with Crippen molar-refractivity contribution in [2.75, 3.05) is 5.73 Å². The van der Waals surface area contributed by atoms with Crippen LogP contribution in [-0.4, -0.2) is 10.8 Å². The number of anilines is 1. The van der Waals surface area contributed by atoms with Crippen LogP contribution < -0.4 is 11.5 Å². The lowest BCUT2D eigenvalue weighted by Gasteiger charge is -2.11. The monoisotopic (exact) mass is 241 g/mol. The van der Waals surface area contributed by atoms with Crippen LogP contribution in [0.2, 0.25) is 0 Å². The fraction of sp³-hybridized carbons (Fsp3) is 0.143. The molecule has 4 nitrogen and oxygen atoms in total. The minimum absolute atomic E-state index is 0.0686. The summed E-state index contributed by atoms with van der Waals surface area (Å²) in [6.07, 6.45) is 1.80. The topological polar surface area (TPSA) is 82.0 Å². The van der Waals surface area contributed by atoms with Crippen LogP contribution in [0.5, 0.6) is 0 Å². The molecule has 4 heteroatoms. The number of ketones is 1. The van der Waals surface area contributed by atoms with E-state index < -0.39 is 6.04 Å². The largest absolute Gasteiger partial charge is 0.383 e. The molecule has 0 aliphatic rings. The number of aromatic nitrogens is 1. The van der Waals surface area contributed by atoms with Crippen LogP contribution in [0.4, 0.5) is 5.82 Å². The van der Waals surface area contributed by atoms with Gasteiger partial charge >= 0.3 is 0 Å². The van der Waals surface area contributed by atoms with Crippen molar-refractivity contribution in [3.8, 4) is 0 Å². The van der Waals surface area contributed by atoms with Crippen LogP contribution in [0.15, 0.2) is 48.7 Å². The number of carbonyl (C=O) groups is 1. The Balaban J connectivity index is 2.12. The Morgan fingerprint density at radius 1 is 1.17 bits per heavy atom. The molecular weight excluding hydrogens is 226 g/mol. The quantitative estimate of drug-likeness (QED) is 0.849. The number of carbonyl (C=O) groups excluding carboxylic acids is 1. The van der Waals surface area contributed by atoms with Gasteiger partial charge in [-0.3, -0.25) is 4.79 Å². The number of nitrogens with zero attached hydrogens (tertiary/aromatic N) is 1. The normalized spacial score (nSPS) is 12.1. The Morgan fingerprint density at radius 3 is 2.56 bits per heavy atom. The molecule has 0 amide bonds. The summed E-state index contributed by atoms with van der Waals surface area (Å²) in [7, 11) is 0. The van der Waals surface area contributed by atoms with Gasteiger partial charge in [0.1, 0.15) is 5.82 Å². The van der Waals surface area contributed by atoms with E-state index in [9.17, 15) is 4.79 Å². The highest BCUT2D eigenvalue weighted by atomic mass is 16.1. The van der Waals surface area contributed by atoms with Crippen molar-refractivity contribution in [3.05, 3.63) is 59.8 Å². The second-order valence-electron chi connectivity index (χ2n) is 4.08. The molecule has 1 heterocycles. The van der Waals surface area contributed by atoms with Gasteiger partial charge in [-0.1, -0.05) is 36.4 Å². The van der Waals surface area contributed by atoms with E-state index in [4.69, 9.17) is 11.5 Å². The molecule has 1 atom stereocenters. The lowest BCUT2D eigenvalue weighted by molar-refractivity contribution is -0.119. The van der Waals surface area contributed by atoms with Gasteiger partial charge in [0.25, 0.3) is 0 Å². The predicted molar refractivity (Wildman–Crippen MR) is 70.7 cm³/mol. The number of benzene rings is 1. The minimum atomic E-state index is -0.620. The molecule has 0 saturated carbocycles. The lowest BCUT2D eigenvalue weighted by Crippen LogP contribution is -2.23. The molecule has 0 saturated heterocycles.